The lowest BCUT2D eigenvalue weighted by Crippen LogP contribution is -2.32. The van der Waals surface area contributed by atoms with Crippen molar-refractivity contribution in [3.05, 3.63) is 58.7 Å². The van der Waals surface area contributed by atoms with E-state index in [1.54, 1.807) is 0 Å². The zero-order valence-electron chi connectivity index (χ0n) is 24.3. The number of amides is 1. The van der Waals surface area contributed by atoms with Crippen LogP contribution >= 0.6 is 0 Å². The zero-order chi connectivity index (χ0) is 26.9. The van der Waals surface area contributed by atoms with Gasteiger partial charge in [-0.15, -0.1) is 0 Å². The predicted molar refractivity (Wildman–Crippen MR) is 155 cm³/mol. The van der Waals surface area contributed by atoms with Gasteiger partial charge in [-0.25, -0.2) is 0 Å². The molecule has 0 radical (unpaired) electrons. The van der Waals surface area contributed by atoms with Crippen molar-refractivity contribution < 1.29 is 9.90 Å². The summed E-state index contributed by atoms with van der Waals surface area (Å²) in [4.78, 5) is 15.4. The fourth-order valence-corrected chi connectivity index (χ4v) is 5.76. The molecular weight excluding hydrogens is 442 g/mol. The highest BCUT2D eigenvalue weighted by Crippen LogP contribution is 2.42. The first kappa shape index (κ1) is 29.9. The fourth-order valence-electron chi connectivity index (χ4n) is 5.76. The van der Waals surface area contributed by atoms with Crippen molar-refractivity contribution in [1.82, 2.24) is 0 Å². The molecule has 3 nitrogen and oxygen atoms in total. The molecule has 0 saturated carbocycles. The number of nitrogens with zero attached hydrogens (tertiary/aromatic N) is 1. The third-order valence-corrected chi connectivity index (χ3v) is 7.29. The second kappa shape index (κ2) is 13.3. The summed E-state index contributed by atoms with van der Waals surface area (Å²) in [5.74, 6) is 0.550. The van der Waals surface area contributed by atoms with E-state index in [1.165, 1.54) is 25.7 Å². The van der Waals surface area contributed by atoms with Gasteiger partial charge in [0.2, 0.25) is 5.91 Å². The molecule has 2 rings (SSSR count). The molecule has 0 aliphatic heterocycles. The number of phenolic OH excluding ortho intramolecular Hbond substituents is 1. The average Bonchev–Trinajstić information content (AvgIpc) is 2.79. The van der Waals surface area contributed by atoms with Crippen LogP contribution in [-0.2, 0) is 16.6 Å². The minimum Gasteiger partial charge on any atom is -0.507 e. The van der Waals surface area contributed by atoms with Gasteiger partial charge < -0.3 is 10.0 Å². The number of aryl methyl sites for hydroxylation is 1. The second-order valence-electron chi connectivity index (χ2n) is 12.5. The third-order valence-electron chi connectivity index (χ3n) is 7.29. The highest BCUT2D eigenvalue weighted by molar-refractivity contribution is 5.93. The monoisotopic (exact) mass is 493 g/mol. The molecule has 0 spiro atoms. The maximum absolute atomic E-state index is 13.4. The molecule has 1 amide bonds. The number of carbonyl (C=O) groups is 1. The summed E-state index contributed by atoms with van der Waals surface area (Å²) in [5, 5.41) is 11.2. The third kappa shape index (κ3) is 8.68. The van der Waals surface area contributed by atoms with Crippen LogP contribution in [0.15, 0.2) is 36.4 Å². The summed E-state index contributed by atoms with van der Waals surface area (Å²) in [7, 11) is 0. The van der Waals surface area contributed by atoms with Gasteiger partial charge >= 0.3 is 0 Å². The Morgan fingerprint density at radius 1 is 0.917 bits per heavy atom. The van der Waals surface area contributed by atoms with Gasteiger partial charge in [-0.05, 0) is 72.8 Å². The number of anilines is 1. The second-order valence-corrected chi connectivity index (χ2v) is 12.5. The lowest BCUT2D eigenvalue weighted by molar-refractivity contribution is -0.118. The topological polar surface area (TPSA) is 40.5 Å². The lowest BCUT2D eigenvalue weighted by atomic mass is 9.71. The Bertz CT molecular complexity index is 969. The van der Waals surface area contributed by atoms with E-state index in [0.717, 1.165) is 53.7 Å². The highest BCUT2D eigenvalue weighted by atomic mass is 16.3. The predicted octanol–water partition coefficient (Wildman–Crippen LogP) is 9.05. The van der Waals surface area contributed by atoms with Crippen LogP contribution in [0.4, 0.5) is 5.69 Å². The van der Waals surface area contributed by atoms with Gasteiger partial charge in [0.15, 0.2) is 0 Å². The van der Waals surface area contributed by atoms with Gasteiger partial charge in [0.1, 0.15) is 5.75 Å². The minimum atomic E-state index is -0.132. The van der Waals surface area contributed by atoms with E-state index in [-0.39, 0.29) is 16.7 Å². The standard InChI is InChI=1S/C33H51NO2/c1-9-10-11-12-13-17-22-34(27-18-15-14-16-19-27)30(35)21-20-28-25(2)23-29(31(36)26(28)3)33(7,8)24-32(4,5)6/h14-16,18-19,23,36H,9-13,17,20-22,24H2,1-8H3. The van der Waals surface area contributed by atoms with Crippen molar-refractivity contribution >= 4 is 11.6 Å². The summed E-state index contributed by atoms with van der Waals surface area (Å²) in [6, 6.07) is 12.2. The molecule has 0 bridgehead atoms. The Hall–Kier alpha value is -2.29. The van der Waals surface area contributed by atoms with Crippen molar-refractivity contribution in [1.29, 1.82) is 0 Å². The SMILES string of the molecule is CCCCCCCCN(C(=O)CCc1c(C)cc(C(C)(C)CC(C)(C)C)c(O)c1C)c1ccccc1. The van der Waals surface area contributed by atoms with Gasteiger partial charge in [-0.1, -0.05) is 97.9 Å². The molecule has 0 fully saturated rings. The number of aromatic hydroxyl groups is 1. The lowest BCUT2D eigenvalue weighted by Gasteiger charge is -2.34. The first-order chi connectivity index (χ1) is 16.9. The average molecular weight is 494 g/mol. The molecule has 200 valence electrons. The van der Waals surface area contributed by atoms with Gasteiger partial charge in [-0.3, -0.25) is 4.79 Å². The van der Waals surface area contributed by atoms with Crippen LogP contribution in [0.1, 0.15) is 115 Å². The normalized spacial score (nSPS) is 12.1. The Kier molecular flexibility index (Phi) is 11.1. The quantitative estimate of drug-likeness (QED) is 0.283. The largest absolute Gasteiger partial charge is 0.507 e. The Balaban J connectivity index is 2.16. The van der Waals surface area contributed by atoms with Crippen molar-refractivity contribution in [2.45, 2.75) is 119 Å². The first-order valence-electron chi connectivity index (χ1n) is 14.1. The summed E-state index contributed by atoms with van der Waals surface area (Å²) >= 11 is 0. The van der Waals surface area contributed by atoms with Crippen molar-refractivity contribution in [3.8, 4) is 5.75 Å². The van der Waals surface area contributed by atoms with Gasteiger partial charge in [0, 0.05) is 24.2 Å². The van der Waals surface area contributed by atoms with Crippen molar-refractivity contribution in [2.75, 3.05) is 11.4 Å². The van der Waals surface area contributed by atoms with Crippen molar-refractivity contribution in [3.63, 3.8) is 0 Å². The molecule has 0 heterocycles. The zero-order valence-corrected chi connectivity index (χ0v) is 24.3. The molecule has 36 heavy (non-hydrogen) atoms. The fraction of sp³-hybridized carbons (Fsp3) is 0.606. The number of carbonyl (C=O) groups excluding carboxylic acids is 1. The molecule has 0 atom stereocenters. The molecule has 1 N–H and O–H groups in total. The van der Waals surface area contributed by atoms with Crippen LogP contribution in [0, 0.1) is 19.3 Å². The number of unbranched alkanes of at least 4 members (excludes halogenated alkanes) is 5. The molecule has 0 aliphatic rings. The van der Waals surface area contributed by atoms with Crippen LogP contribution in [-0.4, -0.2) is 17.6 Å². The van der Waals surface area contributed by atoms with E-state index in [9.17, 15) is 9.90 Å². The van der Waals surface area contributed by atoms with Gasteiger partial charge in [0.05, 0.1) is 0 Å². The Morgan fingerprint density at radius 3 is 2.14 bits per heavy atom. The maximum atomic E-state index is 13.4. The highest BCUT2D eigenvalue weighted by Gasteiger charge is 2.31. The number of phenols is 1. The Labute approximate surface area is 221 Å². The summed E-state index contributed by atoms with van der Waals surface area (Å²) < 4.78 is 0. The van der Waals surface area contributed by atoms with Crippen LogP contribution in [0.25, 0.3) is 0 Å². The molecule has 0 aliphatic carbocycles. The number of rotatable bonds is 13. The first-order valence-corrected chi connectivity index (χ1v) is 14.1. The van der Waals surface area contributed by atoms with Gasteiger partial charge in [-0.2, -0.15) is 0 Å². The minimum absolute atomic E-state index is 0.132. The number of hydrogen-bond acceptors (Lipinski definition) is 2. The maximum Gasteiger partial charge on any atom is 0.227 e. The van der Waals surface area contributed by atoms with E-state index in [1.807, 2.05) is 42.2 Å². The summed E-state index contributed by atoms with van der Waals surface area (Å²) in [5.41, 5.74) is 5.21. The molecule has 2 aromatic rings. The summed E-state index contributed by atoms with van der Waals surface area (Å²) in [6.07, 6.45) is 9.31. The number of benzene rings is 2. The van der Waals surface area contributed by atoms with Gasteiger partial charge in [0.25, 0.3) is 0 Å². The van der Waals surface area contributed by atoms with Crippen LogP contribution in [0.5, 0.6) is 5.75 Å². The van der Waals surface area contributed by atoms with E-state index in [2.05, 4.69) is 54.5 Å². The molecule has 0 unspecified atom stereocenters. The van der Waals surface area contributed by atoms with E-state index in [4.69, 9.17) is 0 Å². The van der Waals surface area contributed by atoms with E-state index < -0.39 is 0 Å². The molecular formula is C33H51NO2. The molecule has 2 aromatic carbocycles. The summed E-state index contributed by atoms with van der Waals surface area (Å²) in [6.45, 7) is 18.3. The number of para-hydroxylation sites is 1. The van der Waals surface area contributed by atoms with E-state index >= 15 is 0 Å². The van der Waals surface area contributed by atoms with Crippen LogP contribution in [0.2, 0.25) is 0 Å². The van der Waals surface area contributed by atoms with Crippen LogP contribution in [0.3, 0.4) is 0 Å². The molecule has 3 heteroatoms. The smallest absolute Gasteiger partial charge is 0.227 e. The van der Waals surface area contributed by atoms with Crippen LogP contribution < -0.4 is 4.90 Å². The van der Waals surface area contributed by atoms with Crippen molar-refractivity contribution in [2.24, 2.45) is 5.41 Å². The number of hydrogen-bond donors (Lipinski definition) is 1. The van der Waals surface area contributed by atoms with E-state index in [0.29, 0.717) is 18.6 Å². The Morgan fingerprint density at radius 2 is 1.53 bits per heavy atom. The molecule has 0 aromatic heterocycles. The molecule has 0 saturated heterocycles.